The maximum absolute atomic E-state index is 11.6. The number of carbonyl (C=O) groups excluding carboxylic acids is 3. The van der Waals surface area contributed by atoms with Gasteiger partial charge in [-0.25, -0.2) is 9.59 Å². The van der Waals surface area contributed by atoms with E-state index in [-0.39, 0.29) is 11.5 Å². The van der Waals surface area contributed by atoms with Crippen LogP contribution in [-0.2, 0) is 19.1 Å². The highest BCUT2D eigenvalue weighted by molar-refractivity contribution is 7.81. The molecule has 1 unspecified atom stereocenters. The molecule has 0 aromatic rings. The number of amides is 1. The van der Waals surface area contributed by atoms with Crippen LogP contribution in [0.15, 0.2) is 0 Å². The third-order valence-electron chi connectivity index (χ3n) is 1.86. The summed E-state index contributed by atoms with van der Waals surface area (Å²) in [6.07, 6.45) is 0. The zero-order valence-corrected chi connectivity index (χ0v) is 12.4. The van der Waals surface area contributed by atoms with Gasteiger partial charge >= 0.3 is 11.9 Å². The number of carbonyl (C=O) groups is 3. The molecule has 0 aliphatic carbocycles. The molecule has 104 valence electrons. The lowest BCUT2D eigenvalue weighted by atomic mass is 10.3. The fraction of sp³-hybridized carbons (Fsp3) is 0.667. The Labute approximate surface area is 122 Å². The van der Waals surface area contributed by atoms with Crippen LogP contribution in [0, 0.1) is 0 Å². The van der Waals surface area contributed by atoms with Crippen molar-refractivity contribution < 1.29 is 19.1 Å². The van der Waals surface area contributed by atoms with Crippen LogP contribution < -0.4 is 11.1 Å². The van der Waals surface area contributed by atoms with Gasteiger partial charge in [0.05, 0.1) is 5.25 Å². The number of ether oxygens (including phenoxy) is 1. The van der Waals surface area contributed by atoms with Crippen LogP contribution in [-0.4, -0.2) is 46.7 Å². The van der Waals surface area contributed by atoms with Crippen molar-refractivity contribution in [1.82, 2.24) is 5.32 Å². The van der Waals surface area contributed by atoms with E-state index in [4.69, 9.17) is 5.73 Å². The van der Waals surface area contributed by atoms with Crippen molar-refractivity contribution in [1.29, 1.82) is 0 Å². The van der Waals surface area contributed by atoms with Gasteiger partial charge in [0.2, 0.25) is 5.91 Å². The average Bonchev–Trinajstić information content (AvgIpc) is 2.33. The molecule has 0 saturated heterocycles. The molecule has 3 N–H and O–H groups in total. The average molecular weight is 312 g/mol. The van der Waals surface area contributed by atoms with Crippen LogP contribution in [0.4, 0.5) is 0 Å². The number of hydrogen-bond acceptors (Lipinski definition) is 8. The van der Waals surface area contributed by atoms with Crippen LogP contribution in [0.2, 0.25) is 0 Å². The van der Waals surface area contributed by atoms with E-state index >= 15 is 0 Å². The molecule has 0 aromatic heterocycles. The smallest absolute Gasteiger partial charge is 0.337 e. The Hall–Kier alpha value is -0.380. The molecule has 6 nitrogen and oxygen atoms in total. The van der Waals surface area contributed by atoms with Crippen molar-refractivity contribution in [3.63, 3.8) is 0 Å². The summed E-state index contributed by atoms with van der Waals surface area (Å²) in [7, 11) is 0. The van der Waals surface area contributed by atoms with E-state index in [0.29, 0.717) is 0 Å². The normalized spacial score (nSPS) is 15.4. The first kappa shape index (κ1) is 17.6. The topological polar surface area (TPSA) is 98.5 Å². The van der Waals surface area contributed by atoms with Gasteiger partial charge in [0.25, 0.3) is 0 Å². The van der Waals surface area contributed by atoms with Crippen molar-refractivity contribution in [2.45, 2.75) is 24.3 Å². The van der Waals surface area contributed by atoms with Crippen LogP contribution in [0.25, 0.3) is 0 Å². The Balaban J connectivity index is 4.44. The molecule has 0 fully saturated rings. The quantitative estimate of drug-likeness (QED) is 0.247. The molecule has 0 aliphatic rings. The van der Waals surface area contributed by atoms with Gasteiger partial charge in [0.1, 0.15) is 12.1 Å². The number of rotatable bonds is 6. The van der Waals surface area contributed by atoms with E-state index in [0.717, 1.165) is 0 Å². The van der Waals surface area contributed by atoms with E-state index < -0.39 is 35.2 Å². The van der Waals surface area contributed by atoms with Crippen molar-refractivity contribution in [3.05, 3.63) is 0 Å². The minimum absolute atomic E-state index is 0.00549. The zero-order chi connectivity index (χ0) is 14.3. The largest absolute Gasteiger partial charge is 0.390 e. The maximum Gasteiger partial charge on any atom is 0.337 e. The number of nitrogens with two attached hydrogens (primary N) is 1. The van der Waals surface area contributed by atoms with Crippen LogP contribution in [0.1, 0.15) is 6.92 Å². The van der Waals surface area contributed by atoms with Crippen LogP contribution >= 0.6 is 37.9 Å². The van der Waals surface area contributed by atoms with Crippen molar-refractivity contribution in [3.8, 4) is 0 Å². The van der Waals surface area contributed by atoms with E-state index in [2.05, 4.69) is 47.9 Å². The van der Waals surface area contributed by atoms with E-state index in [1.54, 1.807) is 6.92 Å². The SMILES string of the molecule is CC(S)C(=O)N[C@@H](CS)C(=O)OC(=O)[C@@H](N)CS. The van der Waals surface area contributed by atoms with E-state index in [1.165, 1.54) is 0 Å². The zero-order valence-electron chi connectivity index (χ0n) is 9.70. The van der Waals surface area contributed by atoms with Gasteiger partial charge in [-0.3, -0.25) is 4.79 Å². The molecular weight excluding hydrogens is 296 g/mol. The highest BCUT2D eigenvalue weighted by Crippen LogP contribution is 1.99. The lowest BCUT2D eigenvalue weighted by Crippen LogP contribution is -2.47. The molecule has 0 radical (unpaired) electrons. The highest BCUT2D eigenvalue weighted by Gasteiger charge is 2.26. The summed E-state index contributed by atoms with van der Waals surface area (Å²) in [6, 6.07) is -2.01. The van der Waals surface area contributed by atoms with Gasteiger partial charge in [-0.1, -0.05) is 0 Å². The minimum Gasteiger partial charge on any atom is -0.390 e. The fourth-order valence-electron chi connectivity index (χ4n) is 0.792. The van der Waals surface area contributed by atoms with Crippen LogP contribution in [0.5, 0.6) is 0 Å². The van der Waals surface area contributed by atoms with Gasteiger partial charge in [-0.05, 0) is 6.92 Å². The fourth-order valence-corrected chi connectivity index (χ4v) is 1.26. The first-order valence-electron chi connectivity index (χ1n) is 5.04. The number of hydrogen-bond donors (Lipinski definition) is 5. The Bertz CT molecular complexity index is 325. The predicted molar refractivity (Wildman–Crippen MR) is 77.2 cm³/mol. The molecule has 9 heteroatoms. The molecule has 3 atom stereocenters. The number of esters is 2. The molecule has 0 saturated carbocycles. The Kier molecular flexibility index (Phi) is 8.49. The first-order valence-corrected chi connectivity index (χ1v) is 6.82. The molecule has 0 bridgehead atoms. The molecular formula is C9H16N2O4S3. The summed E-state index contributed by atoms with van der Waals surface area (Å²) in [6.45, 7) is 1.54. The molecule has 0 spiro atoms. The second-order valence-corrected chi connectivity index (χ2v) is 4.95. The summed E-state index contributed by atoms with van der Waals surface area (Å²) in [5, 5.41) is 1.76. The van der Waals surface area contributed by atoms with Crippen molar-refractivity contribution >= 4 is 55.7 Å². The lowest BCUT2D eigenvalue weighted by Gasteiger charge is -2.16. The summed E-state index contributed by atoms with van der Waals surface area (Å²) in [5.41, 5.74) is 5.33. The van der Waals surface area contributed by atoms with Gasteiger partial charge in [-0.15, -0.1) is 0 Å². The number of thiol groups is 3. The summed E-state index contributed by atoms with van der Waals surface area (Å²) in [4.78, 5) is 34.1. The Morgan fingerprint density at radius 1 is 1.22 bits per heavy atom. The Morgan fingerprint density at radius 3 is 2.17 bits per heavy atom. The predicted octanol–water partition coefficient (Wildman–Crippen LogP) is -0.954. The maximum atomic E-state index is 11.6. The Morgan fingerprint density at radius 2 is 1.78 bits per heavy atom. The second-order valence-electron chi connectivity index (χ2n) is 3.45. The molecule has 1 amide bonds. The van der Waals surface area contributed by atoms with Crippen LogP contribution in [0.3, 0.4) is 0 Å². The number of nitrogens with one attached hydrogen (secondary N) is 1. The van der Waals surface area contributed by atoms with Gasteiger partial charge < -0.3 is 15.8 Å². The van der Waals surface area contributed by atoms with E-state index in [1.807, 2.05) is 0 Å². The monoisotopic (exact) mass is 312 g/mol. The second kappa shape index (κ2) is 8.68. The third-order valence-corrected chi connectivity index (χ3v) is 2.86. The van der Waals surface area contributed by atoms with Gasteiger partial charge in [0.15, 0.2) is 0 Å². The highest BCUT2D eigenvalue weighted by atomic mass is 32.1. The van der Waals surface area contributed by atoms with Crippen molar-refractivity contribution in [2.24, 2.45) is 5.73 Å². The molecule has 0 aromatic carbocycles. The minimum atomic E-state index is -1.02. The lowest BCUT2D eigenvalue weighted by molar-refractivity contribution is -0.162. The molecule has 18 heavy (non-hydrogen) atoms. The van der Waals surface area contributed by atoms with Gasteiger partial charge in [-0.2, -0.15) is 37.9 Å². The molecule has 0 rings (SSSR count). The first-order chi connectivity index (χ1) is 8.33. The van der Waals surface area contributed by atoms with Crippen molar-refractivity contribution in [2.75, 3.05) is 11.5 Å². The molecule has 0 aliphatic heterocycles. The molecule has 0 heterocycles. The van der Waals surface area contributed by atoms with Gasteiger partial charge in [0, 0.05) is 11.5 Å². The summed E-state index contributed by atoms with van der Waals surface area (Å²) < 4.78 is 4.50. The third kappa shape index (κ3) is 5.98. The summed E-state index contributed by atoms with van der Waals surface area (Å²) in [5.74, 6) is -2.21. The van der Waals surface area contributed by atoms with E-state index in [9.17, 15) is 14.4 Å². The standard InChI is InChI=1S/C9H16N2O4S3/c1-4(18)7(12)11-6(3-17)9(14)15-8(13)5(10)2-16/h4-6,16-18H,2-3,10H2,1H3,(H,11,12)/t4?,5-,6-/m0/s1. The summed E-state index contributed by atoms with van der Waals surface area (Å²) >= 11 is 11.6.